The van der Waals surface area contributed by atoms with Gasteiger partial charge in [0, 0.05) is 16.2 Å². The summed E-state index contributed by atoms with van der Waals surface area (Å²) in [6.07, 6.45) is 0. The van der Waals surface area contributed by atoms with Gasteiger partial charge in [0.15, 0.2) is 18.2 Å². The number of hydrogen-bond donors (Lipinski definition) is 1. The summed E-state index contributed by atoms with van der Waals surface area (Å²) >= 11 is 3.19. The Balaban J connectivity index is 1.91. The fraction of sp³-hybridized carbons (Fsp3) is 0.0667. The van der Waals surface area contributed by atoms with Crippen molar-refractivity contribution in [2.45, 2.75) is 0 Å². The third-order valence-electron chi connectivity index (χ3n) is 2.63. The number of benzene rings is 2. The monoisotopic (exact) mass is 369 g/mol. The fourth-order valence-corrected chi connectivity index (χ4v) is 2.05. The van der Waals surface area contributed by atoms with Crippen LogP contribution in [0.25, 0.3) is 0 Å². The van der Waals surface area contributed by atoms with Crippen molar-refractivity contribution in [1.29, 1.82) is 0 Å². The van der Waals surface area contributed by atoms with Gasteiger partial charge in [0.25, 0.3) is 5.91 Å². The highest BCUT2D eigenvalue weighted by Crippen LogP contribution is 2.17. The molecule has 0 bridgehead atoms. The van der Waals surface area contributed by atoms with Crippen LogP contribution in [0.3, 0.4) is 0 Å². The van der Waals surface area contributed by atoms with Crippen molar-refractivity contribution in [2.75, 3.05) is 11.9 Å². The van der Waals surface area contributed by atoms with Gasteiger partial charge in [-0.1, -0.05) is 12.1 Å². The summed E-state index contributed by atoms with van der Waals surface area (Å²) in [7, 11) is 0. The average Bonchev–Trinajstić information content (AvgIpc) is 2.49. The molecule has 0 radical (unpaired) electrons. The average molecular weight is 370 g/mol. The molecule has 0 aromatic heterocycles. The molecule has 2 aromatic rings. The lowest BCUT2D eigenvalue weighted by Crippen LogP contribution is -2.21. The third kappa shape index (κ3) is 4.11. The zero-order valence-corrected chi connectivity index (χ0v) is 12.7. The Bertz CT molecular complexity index is 722. The van der Waals surface area contributed by atoms with Crippen LogP contribution in [0.1, 0.15) is 10.4 Å². The number of anilines is 1. The number of esters is 1. The fourth-order valence-electron chi connectivity index (χ4n) is 1.61. The van der Waals surface area contributed by atoms with Crippen molar-refractivity contribution in [3.63, 3.8) is 0 Å². The molecular formula is C15H10BrF2NO3. The Labute approximate surface area is 133 Å². The van der Waals surface area contributed by atoms with E-state index in [1.54, 1.807) is 24.3 Å². The van der Waals surface area contributed by atoms with E-state index in [9.17, 15) is 18.4 Å². The van der Waals surface area contributed by atoms with Crippen molar-refractivity contribution in [2.24, 2.45) is 0 Å². The highest BCUT2D eigenvalue weighted by Gasteiger charge is 2.13. The van der Waals surface area contributed by atoms with Gasteiger partial charge >= 0.3 is 5.97 Å². The summed E-state index contributed by atoms with van der Waals surface area (Å²) in [5.41, 5.74) is 0.351. The maximum atomic E-state index is 13.0. The van der Waals surface area contributed by atoms with Crippen LogP contribution >= 0.6 is 15.9 Å². The van der Waals surface area contributed by atoms with Crippen LogP contribution in [0.15, 0.2) is 46.9 Å². The number of halogens is 3. The summed E-state index contributed by atoms with van der Waals surface area (Å²) in [5.74, 6) is -3.43. The molecule has 0 atom stereocenters. The molecule has 0 spiro atoms. The molecule has 2 aromatic carbocycles. The number of ether oxygens (including phenoxy) is 1. The van der Waals surface area contributed by atoms with Gasteiger partial charge in [0.2, 0.25) is 0 Å². The van der Waals surface area contributed by atoms with E-state index in [0.29, 0.717) is 4.47 Å². The Hall–Kier alpha value is -2.28. The van der Waals surface area contributed by atoms with Crippen LogP contribution < -0.4 is 5.32 Å². The van der Waals surface area contributed by atoms with Gasteiger partial charge in [-0.05, 0) is 40.2 Å². The minimum absolute atomic E-state index is 0.0702. The van der Waals surface area contributed by atoms with E-state index < -0.39 is 30.1 Å². The maximum absolute atomic E-state index is 13.0. The Kier molecular flexibility index (Phi) is 5.21. The van der Waals surface area contributed by atoms with E-state index in [2.05, 4.69) is 21.2 Å². The number of nitrogens with one attached hydrogen (secondary N) is 1. The molecule has 0 fully saturated rings. The first kappa shape index (κ1) is 16.1. The molecule has 1 N–H and O–H groups in total. The molecule has 0 aliphatic rings. The third-order valence-corrected chi connectivity index (χ3v) is 3.32. The molecule has 0 heterocycles. The molecule has 0 saturated heterocycles. The number of hydrogen-bond acceptors (Lipinski definition) is 3. The molecule has 0 unspecified atom stereocenters. The van der Waals surface area contributed by atoms with Crippen molar-refractivity contribution in [1.82, 2.24) is 0 Å². The second-order valence-corrected chi connectivity index (χ2v) is 5.09. The maximum Gasteiger partial charge on any atom is 0.339 e. The van der Waals surface area contributed by atoms with Crippen LogP contribution in [0.5, 0.6) is 0 Å². The molecule has 7 heteroatoms. The topological polar surface area (TPSA) is 55.4 Å². The SMILES string of the molecule is O=C(COC(=O)c1ccccc1Br)Nc1ccc(F)c(F)c1. The molecule has 4 nitrogen and oxygen atoms in total. The van der Waals surface area contributed by atoms with Crippen molar-refractivity contribution < 1.29 is 23.1 Å². The Morgan fingerprint density at radius 1 is 1.09 bits per heavy atom. The lowest BCUT2D eigenvalue weighted by atomic mass is 10.2. The number of carbonyl (C=O) groups excluding carboxylic acids is 2. The molecule has 2 rings (SSSR count). The van der Waals surface area contributed by atoms with Gasteiger partial charge in [-0.2, -0.15) is 0 Å². The van der Waals surface area contributed by atoms with E-state index >= 15 is 0 Å². The second kappa shape index (κ2) is 7.13. The minimum atomic E-state index is -1.08. The van der Waals surface area contributed by atoms with Crippen LogP contribution in [-0.2, 0) is 9.53 Å². The van der Waals surface area contributed by atoms with E-state index in [0.717, 1.165) is 12.1 Å². The highest BCUT2D eigenvalue weighted by atomic mass is 79.9. The summed E-state index contributed by atoms with van der Waals surface area (Å²) < 4.78 is 31.1. The standard InChI is InChI=1S/C15H10BrF2NO3/c16-11-4-2-1-3-10(11)15(21)22-8-14(20)19-9-5-6-12(17)13(18)7-9/h1-7H,8H2,(H,19,20). The van der Waals surface area contributed by atoms with Gasteiger partial charge in [-0.3, -0.25) is 4.79 Å². The minimum Gasteiger partial charge on any atom is -0.452 e. The quantitative estimate of drug-likeness (QED) is 0.838. The molecule has 1 amide bonds. The van der Waals surface area contributed by atoms with Crippen LogP contribution in [0.4, 0.5) is 14.5 Å². The summed E-state index contributed by atoms with van der Waals surface area (Å²) in [5, 5.41) is 2.30. The molecule has 22 heavy (non-hydrogen) atoms. The first-order valence-electron chi connectivity index (χ1n) is 6.14. The predicted octanol–water partition coefficient (Wildman–Crippen LogP) is 3.52. The van der Waals surface area contributed by atoms with Crippen molar-refractivity contribution >= 4 is 33.5 Å². The van der Waals surface area contributed by atoms with Gasteiger partial charge in [-0.15, -0.1) is 0 Å². The predicted molar refractivity (Wildman–Crippen MR) is 79.4 cm³/mol. The Morgan fingerprint density at radius 3 is 2.50 bits per heavy atom. The van der Waals surface area contributed by atoms with Crippen LogP contribution in [-0.4, -0.2) is 18.5 Å². The van der Waals surface area contributed by atoms with Crippen LogP contribution in [0, 0.1) is 11.6 Å². The normalized spacial score (nSPS) is 10.1. The lowest BCUT2D eigenvalue weighted by molar-refractivity contribution is -0.119. The molecular weight excluding hydrogens is 360 g/mol. The summed E-state index contributed by atoms with van der Waals surface area (Å²) in [4.78, 5) is 23.4. The van der Waals surface area contributed by atoms with Crippen molar-refractivity contribution in [3.05, 3.63) is 64.1 Å². The first-order chi connectivity index (χ1) is 10.5. The largest absolute Gasteiger partial charge is 0.452 e. The van der Waals surface area contributed by atoms with E-state index in [1.165, 1.54) is 6.07 Å². The lowest BCUT2D eigenvalue weighted by Gasteiger charge is -2.07. The number of amides is 1. The highest BCUT2D eigenvalue weighted by molar-refractivity contribution is 9.10. The molecule has 0 saturated carbocycles. The molecule has 0 aliphatic heterocycles. The van der Waals surface area contributed by atoms with Gasteiger partial charge in [0.1, 0.15) is 0 Å². The Morgan fingerprint density at radius 2 is 1.82 bits per heavy atom. The summed E-state index contributed by atoms with van der Waals surface area (Å²) in [6, 6.07) is 9.52. The van der Waals surface area contributed by atoms with E-state index in [-0.39, 0.29) is 11.3 Å². The zero-order chi connectivity index (χ0) is 16.1. The van der Waals surface area contributed by atoms with Gasteiger partial charge in [-0.25, -0.2) is 13.6 Å². The first-order valence-corrected chi connectivity index (χ1v) is 6.93. The second-order valence-electron chi connectivity index (χ2n) is 4.23. The van der Waals surface area contributed by atoms with Crippen LogP contribution in [0.2, 0.25) is 0 Å². The van der Waals surface area contributed by atoms with Gasteiger partial charge in [0.05, 0.1) is 5.56 Å². The smallest absolute Gasteiger partial charge is 0.339 e. The molecule has 0 aliphatic carbocycles. The molecule has 114 valence electrons. The zero-order valence-electron chi connectivity index (χ0n) is 11.1. The number of carbonyl (C=O) groups is 2. The van der Waals surface area contributed by atoms with E-state index in [1.807, 2.05) is 0 Å². The number of rotatable bonds is 4. The van der Waals surface area contributed by atoms with Gasteiger partial charge < -0.3 is 10.1 Å². The summed E-state index contributed by atoms with van der Waals surface area (Å²) in [6.45, 7) is -0.542. The van der Waals surface area contributed by atoms with E-state index in [4.69, 9.17) is 4.74 Å². The van der Waals surface area contributed by atoms with Crippen molar-refractivity contribution in [3.8, 4) is 0 Å².